The number of nitrogens with one attached hydrogen (secondary N) is 1. The number of thiophene rings is 1. The van der Waals surface area contributed by atoms with Crippen LogP contribution in [0.25, 0.3) is 0 Å². The second kappa shape index (κ2) is 5.29. The number of nitrogens with zero attached hydrogens (tertiary/aromatic N) is 3. The molecule has 6 nitrogen and oxygen atoms in total. The average molecular weight is 417 g/mol. The first-order valence-electron chi connectivity index (χ1n) is 7.93. The van der Waals surface area contributed by atoms with E-state index in [0.29, 0.717) is 17.7 Å². The SMILES string of the molecule is N#CC1(C#N)C(c2cc(Br)cs2)OC23CCCCC2C1(C#N)C(=N)O3. The number of ether oxygens (including phenoxy) is 2. The molecule has 1 aromatic rings. The highest BCUT2D eigenvalue weighted by atomic mass is 79.9. The summed E-state index contributed by atoms with van der Waals surface area (Å²) in [5, 5.41) is 40.4. The zero-order chi connectivity index (χ0) is 17.9. The van der Waals surface area contributed by atoms with Crippen molar-refractivity contribution in [1.82, 2.24) is 0 Å². The van der Waals surface area contributed by atoms with Gasteiger partial charge in [0.25, 0.3) is 0 Å². The third kappa shape index (κ3) is 1.76. The minimum absolute atomic E-state index is 0.303. The lowest BCUT2D eigenvalue weighted by molar-refractivity contribution is -0.293. The van der Waals surface area contributed by atoms with E-state index in [9.17, 15) is 15.8 Å². The summed E-state index contributed by atoms with van der Waals surface area (Å²) < 4.78 is 12.9. The van der Waals surface area contributed by atoms with Crippen molar-refractivity contribution in [3.63, 3.8) is 0 Å². The van der Waals surface area contributed by atoms with E-state index in [1.54, 1.807) is 6.07 Å². The van der Waals surface area contributed by atoms with Crippen LogP contribution < -0.4 is 0 Å². The molecule has 4 unspecified atom stereocenters. The largest absolute Gasteiger partial charge is 0.447 e. The number of hydrogen-bond donors (Lipinski definition) is 1. The van der Waals surface area contributed by atoms with E-state index in [4.69, 9.17) is 14.9 Å². The summed E-state index contributed by atoms with van der Waals surface area (Å²) in [7, 11) is 0. The highest BCUT2D eigenvalue weighted by Gasteiger charge is 2.80. The summed E-state index contributed by atoms with van der Waals surface area (Å²) >= 11 is 4.74. The fraction of sp³-hybridized carbons (Fsp3) is 0.529. The Morgan fingerprint density at radius 3 is 2.60 bits per heavy atom. The van der Waals surface area contributed by atoms with Crippen LogP contribution in [0.2, 0.25) is 0 Å². The van der Waals surface area contributed by atoms with Gasteiger partial charge in [-0.1, -0.05) is 6.42 Å². The van der Waals surface area contributed by atoms with Crippen LogP contribution in [0.5, 0.6) is 0 Å². The van der Waals surface area contributed by atoms with Gasteiger partial charge in [0.1, 0.15) is 6.10 Å². The van der Waals surface area contributed by atoms with Crippen LogP contribution in [-0.4, -0.2) is 11.7 Å². The first-order valence-corrected chi connectivity index (χ1v) is 9.60. The quantitative estimate of drug-likeness (QED) is 0.741. The van der Waals surface area contributed by atoms with E-state index < -0.39 is 28.6 Å². The van der Waals surface area contributed by atoms with Gasteiger partial charge in [-0.2, -0.15) is 15.8 Å². The standard InChI is InChI=1S/C17H13BrN4O2S/c18-10-5-11(25-6-10)13-15(7-19,8-20)16(9-21)12-3-1-2-4-17(12,23-13)24-14(16)22/h5-6,12-13,22H,1-4H2. The molecule has 4 rings (SSSR count). The minimum atomic E-state index is -1.83. The van der Waals surface area contributed by atoms with Gasteiger partial charge in [0, 0.05) is 21.2 Å². The third-order valence-electron chi connectivity index (χ3n) is 5.66. The Balaban J connectivity index is 2.01. The molecule has 8 heteroatoms. The topological polar surface area (TPSA) is 114 Å². The highest BCUT2D eigenvalue weighted by Crippen LogP contribution is 2.69. The molecule has 2 bridgehead atoms. The molecule has 126 valence electrons. The first kappa shape index (κ1) is 16.5. The van der Waals surface area contributed by atoms with Gasteiger partial charge in [-0.05, 0) is 34.8 Å². The Kier molecular flexibility index (Phi) is 3.50. The summed E-state index contributed by atoms with van der Waals surface area (Å²) in [4.78, 5) is 0.677. The molecule has 1 aliphatic carbocycles. The lowest BCUT2D eigenvalue weighted by Gasteiger charge is -2.51. The van der Waals surface area contributed by atoms with Gasteiger partial charge in [0.05, 0.1) is 24.1 Å². The van der Waals surface area contributed by atoms with Crippen LogP contribution in [0.15, 0.2) is 15.9 Å². The summed E-state index contributed by atoms with van der Waals surface area (Å²) in [6, 6.07) is 8.10. The van der Waals surface area contributed by atoms with Crippen molar-refractivity contribution >= 4 is 33.2 Å². The Labute approximate surface area is 157 Å². The maximum absolute atomic E-state index is 10.1. The summed E-state index contributed by atoms with van der Waals surface area (Å²) in [6.07, 6.45) is 1.94. The maximum Gasteiger partial charge on any atom is 0.217 e. The lowest BCUT2D eigenvalue weighted by atomic mass is 9.52. The van der Waals surface area contributed by atoms with Crippen LogP contribution in [0.1, 0.15) is 36.7 Å². The molecule has 1 N–H and O–H groups in total. The Morgan fingerprint density at radius 1 is 1.24 bits per heavy atom. The number of halogens is 1. The second-order valence-electron chi connectivity index (χ2n) is 6.66. The van der Waals surface area contributed by atoms with E-state index in [-0.39, 0.29) is 5.90 Å². The molecule has 0 spiro atoms. The monoisotopic (exact) mass is 416 g/mol. The van der Waals surface area contributed by atoms with E-state index in [2.05, 4.69) is 34.1 Å². The molecule has 2 aliphatic heterocycles. The maximum atomic E-state index is 10.1. The fourth-order valence-corrected chi connectivity index (χ4v) is 6.12. The molecule has 3 heterocycles. The lowest BCUT2D eigenvalue weighted by Crippen LogP contribution is -2.60. The van der Waals surface area contributed by atoms with Gasteiger partial charge >= 0.3 is 0 Å². The average Bonchev–Trinajstić information content (AvgIpc) is 3.13. The molecule has 3 fully saturated rings. The Hall–Kier alpha value is -1.92. The van der Waals surface area contributed by atoms with Gasteiger partial charge < -0.3 is 9.47 Å². The van der Waals surface area contributed by atoms with Crippen molar-refractivity contribution in [3.8, 4) is 18.2 Å². The van der Waals surface area contributed by atoms with Crippen molar-refractivity contribution in [3.05, 3.63) is 20.8 Å². The number of rotatable bonds is 1. The molecule has 0 amide bonds. The normalized spacial score (nSPS) is 37.9. The summed E-state index contributed by atoms with van der Waals surface area (Å²) in [6.45, 7) is 0. The first-order chi connectivity index (χ1) is 12.0. The molecular formula is C17H13BrN4O2S. The molecule has 1 aromatic heterocycles. The van der Waals surface area contributed by atoms with Crippen molar-refractivity contribution in [2.75, 3.05) is 0 Å². The van der Waals surface area contributed by atoms with Crippen molar-refractivity contribution in [1.29, 1.82) is 21.2 Å². The van der Waals surface area contributed by atoms with Gasteiger partial charge in [0.15, 0.2) is 5.41 Å². The minimum Gasteiger partial charge on any atom is -0.447 e. The predicted molar refractivity (Wildman–Crippen MR) is 91.1 cm³/mol. The number of hydrogen-bond acceptors (Lipinski definition) is 7. The molecule has 4 atom stereocenters. The van der Waals surface area contributed by atoms with E-state index in [0.717, 1.165) is 17.3 Å². The highest BCUT2D eigenvalue weighted by molar-refractivity contribution is 9.10. The Bertz CT molecular complexity index is 880. The Morgan fingerprint density at radius 2 is 2.00 bits per heavy atom. The summed E-state index contributed by atoms with van der Waals surface area (Å²) in [5.74, 6) is -1.88. The fourth-order valence-electron chi connectivity index (χ4n) is 4.58. The molecule has 0 radical (unpaired) electrons. The van der Waals surface area contributed by atoms with E-state index >= 15 is 0 Å². The summed E-state index contributed by atoms with van der Waals surface area (Å²) in [5.41, 5.74) is -3.44. The van der Waals surface area contributed by atoms with Gasteiger partial charge in [0.2, 0.25) is 17.1 Å². The van der Waals surface area contributed by atoms with Crippen LogP contribution in [0.3, 0.4) is 0 Å². The third-order valence-corrected chi connectivity index (χ3v) is 7.40. The van der Waals surface area contributed by atoms with Gasteiger partial charge in [-0.3, -0.25) is 5.41 Å². The molecule has 25 heavy (non-hydrogen) atoms. The molecular weight excluding hydrogens is 404 g/mol. The van der Waals surface area contributed by atoms with Crippen LogP contribution in [0, 0.1) is 56.2 Å². The van der Waals surface area contributed by atoms with Gasteiger partial charge in [-0.15, -0.1) is 11.3 Å². The van der Waals surface area contributed by atoms with Gasteiger partial charge in [-0.25, -0.2) is 0 Å². The van der Waals surface area contributed by atoms with Crippen LogP contribution >= 0.6 is 27.3 Å². The zero-order valence-corrected chi connectivity index (χ0v) is 15.5. The molecule has 2 saturated heterocycles. The predicted octanol–water partition coefficient (Wildman–Crippen LogP) is 4.02. The van der Waals surface area contributed by atoms with Crippen LogP contribution in [0.4, 0.5) is 0 Å². The molecule has 3 aliphatic rings. The van der Waals surface area contributed by atoms with Crippen molar-refractivity contribution in [2.45, 2.75) is 37.6 Å². The van der Waals surface area contributed by atoms with E-state index in [1.807, 2.05) is 5.38 Å². The molecule has 0 aromatic carbocycles. The van der Waals surface area contributed by atoms with Crippen molar-refractivity contribution in [2.24, 2.45) is 16.7 Å². The van der Waals surface area contributed by atoms with Crippen LogP contribution in [-0.2, 0) is 9.47 Å². The molecule has 1 saturated carbocycles. The van der Waals surface area contributed by atoms with Crippen molar-refractivity contribution < 1.29 is 9.47 Å². The number of nitriles is 3. The zero-order valence-electron chi connectivity index (χ0n) is 13.1. The second-order valence-corrected chi connectivity index (χ2v) is 8.52. The smallest absolute Gasteiger partial charge is 0.217 e. The van der Waals surface area contributed by atoms with E-state index in [1.165, 1.54) is 11.3 Å².